The van der Waals surface area contributed by atoms with Gasteiger partial charge >= 0.3 is 0 Å². The van der Waals surface area contributed by atoms with Crippen LogP contribution in [0.15, 0.2) is 35.9 Å². The Morgan fingerprint density at radius 1 is 1.47 bits per heavy atom. The van der Waals surface area contributed by atoms with E-state index in [0.29, 0.717) is 12.2 Å². The number of aromatic nitrogens is 3. The lowest BCUT2D eigenvalue weighted by molar-refractivity contribution is 0.318. The van der Waals surface area contributed by atoms with Crippen LogP contribution >= 0.6 is 0 Å². The molecule has 0 unspecified atom stereocenters. The van der Waals surface area contributed by atoms with E-state index in [2.05, 4.69) is 15.1 Å². The summed E-state index contributed by atoms with van der Waals surface area (Å²) in [6.07, 6.45) is 5.24. The van der Waals surface area contributed by atoms with Gasteiger partial charge in [0, 0.05) is 32.7 Å². The predicted molar refractivity (Wildman–Crippen MR) is 72.1 cm³/mol. The number of anilines is 1. The molecular weight excluding hydrogens is 244 g/mol. The van der Waals surface area contributed by atoms with Gasteiger partial charge in [-0.2, -0.15) is 0 Å². The summed E-state index contributed by atoms with van der Waals surface area (Å²) in [6.45, 7) is 0.598. The van der Waals surface area contributed by atoms with Crippen LogP contribution in [0.1, 0.15) is 11.5 Å². The average molecular weight is 260 g/mol. The molecule has 0 aromatic carbocycles. The molecular formula is C12H16N6O. The summed E-state index contributed by atoms with van der Waals surface area (Å²) in [5, 5.41) is 11.8. The monoisotopic (exact) mass is 260 g/mol. The van der Waals surface area contributed by atoms with Gasteiger partial charge in [0.2, 0.25) is 0 Å². The Labute approximate surface area is 111 Å². The van der Waals surface area contributed by atoms with Crippen LogP contribution in [0, 0.1) is 0 Å². The van der Waals surface area contributed by atoms with Gasteiger partial charge < -0.3 is 20.4 Å². The second-order valence-corrected chi connectivity index (χ2v) is 4.17. The number of pyridine rings is 1. The van der Waals surface area contributed by atoms with Crippen LogP contribution in [0.3, 0.4) is 0 Å². The number of oxime groups is 1. The molecule has 0 atom stereocenters. The lowest BCUT2D eigenvalue weighted by atomic mass is 10.2. The summed E-state index contributed by atoms with van der Waals surface area (Å²) >= 11 is 0. The second kappa shape index (κ2) is 5.38. The fourth-order valence-corrected chi connectivity index (χ4v) is 1.80. The highest BCUT2D eigenvalue weighted by Crippen LogP contribution is 2.18. The van der Waals surface area contributed by atoms with Crippen molar-refractivity contribution in [2.45, 2.75) is 6.54 Å². The maximum absolute atomic E-state index is 8.78. The summed E-state index contributed by atoms with van der Waals surface area (Å²) in [6, 6.07) is 3.67. The van der Waals surface area contributed by atoms with Gasteiger partial charge in [0.05, 0.1) is 12.2 Å². The molecule has 0 saturated carbocycles. The smallest absolute Gasteiger partial charge is 0.190 e. The van der Waals surface area contributed by atoms with Crippen molar-refractivity contribution in [3.8, 4) is 0 Å². The van der Waals surface area contributed by atoms with Gasteiger partial charge in [-0.05, 0) is 12.1 Å². The van der Waals surface area contributed by atoms with Gasteiger partial charge in [-0.25, -0.2) is 4.98 Å². The zero-order valence-corrected chi connectivity index (χ0v) is 10.9. The first kappa shape index (κ1) is 12.9. The molecule has 0 amide bonds. The molecule has 2 heterocycles. The third kappa shape index (κ3) is 2.65. The number of rotatable bonds is 4. The maximum atomic E-state index is 8.78. The first-order chi connectivity index (χ1) is 9.13. The van der Waals surface area contributed by atoms with Crippen molar-refractivity contribution in [2.24, 2.45) is 17.9 Å². The fraction of sp³-hybridized carbons (Fsp3) is 0.250. The Morgan fingerprint density at radius 3 is 2.89 bits per heavy atom. The molecule has 2 aromatic heterocycles. The van der Waals surface area contributed by atoms with Crippen LogP contribution in [-0.2, 0) is 13.6 Å². The average Bonchev–Trinajstić information content (AvgIpc) is 2.83. The van der Waals surface area contributed by atoms with Gasteiger partial charge in [-0.1, -0.05) is 5.16 Å². The van der Waals surface area contributed by atoms with Crippen molar-refractivity contribution < 1.29 is 5.21 Å². The quantitative estimate of drug-likeness (QED) is 0.362. The van der Waals surface area contributed by atoms with E-state index in [1.807, 2.05) is 35.8 Å². The molecule has 0 aliphatic rings. The zero-order chi connectivity index (χ0) is 13.8. The van der Waals surface area contributed by atoms with Gasteiger partial charge in [-0.3, -0.25) is 4.98 Å². The molecule has 7 heteroatoms. The van der Waals surface area contributed by atoms with Crippen molar-refractivity contribution in [3.63, 3.8) is 0 Å². The Hall–Kier alpha value is -2.57. The largest absolute Gasteiger partial charge is 0.409 e. The fourth-order valence-electron chi connectivity index (χ4n) is 1.80. The molecule has 0 saturated heterocycles. The van der Waals surface area contributed by atoms with Crippen molar-refractivity contribution in [3.05, 3.63) is 42.2 Å². The maximum Gasteiger partial charge on any atom is 0.190 e. The summed E-state index contributed by atoms with van der Waals surface area (Å²) in [4.78, 5) is 10.4. The minimum absolute atomic E-state index is 0.0118. The standard InChI is InChI=1S/C12H16N6O/c1-17-7-6-14-10(17)8-18(2)9-4-3-5-15-11(9)12(13)16-19/h3-7,19H,8H2,1-2H3,(H2,13,16). The molecule has 3 N–H and O–H groups in total. The van der Waals surface area contributed by atoms with Crippen molar-refractivity contribution in [2.75, 3.05) is 11.9 Å². The first-order valence-corrected chi connectivity index (χ1v) is 5.73. The number of imidazole rings is 1. The summed E-state index contributed by atoms with van der Waals surface area (Å²) in [5.41, 5.74) is 6.85. The molecule has 0 fully saturated rings. The highest BCUT2D eigenvalue weighted by Gasteiger charge is 2.13. The normalized spacial score (nSPS) is 11.6. The van der Waals surface area contributed by atoms with E-state index in [1.54, 1.807) is 18.5 Å². The molecule has 7 nitrogen and oxygen atoms in total. The Bertz CT molecular complexity index is 591. The van der Waals surface area contributed by atoms with E-state index in [0.717, 1.165) is 11.5 Å². The van der Waals surface area contributed by atoms with Crippen LogP contribution < -0.4 is 10.6 Å². The lowest BCUT2D eigenvalue weighted by Gasteiger charge is -2.20. The third-order valence-electron chi connectivity index (χ3n) is 2.85. The van der Waals surface area contributed by atoms with Crippen LogP contribution in [0.2, 0.25) is 0 Å². The van der Waals surface area contributed by atoms with E-state index >= 15 is 0 Å². The molecule has 100 valence electrons. The minimum Gasteiger partial charge on any atom is -0.409 e. The molecule has 0 aliphatic carbocycles. The number of hydrogen-bond donors (Lipinski definition) is 2. The number of hydrogen-bond acceptors (Lipinski definition) is 5. The van der Waals surface area contributed by atoms with Crippen molar-refractivity contribution in [1.82, 2.24) is 14.5 Å². The number of nitrogens with two attached hydrogens (primary N) is 1. The summed E-state index contributed by atoms with van der Waals surface area (Å²) in [5.74, 6) is 0.902. The molecule has 0 radical (unpaired) electrons. The van der Waals surface area contributed by atoms with E-state index in [1.165, 1.54) is 0 Å². The second-order valence-electron chi connectivity index (χ2n) is 4.17. The predicted octanol–water partition coefficient (Wildman–Crippen LogP) is 0.546. The number of aryl methyl sites for hydroxylation is 1. The van der Waals surface area contributed by atoms with Gasteiger partial charge in [0.15, 0.2) is 5.84 Å². The molecule has 2 rings (SSSR count). The van der Waals surface area contributed by atoms with Crippen molar-refractivity contribution >= 4 is 11.5 Å². The first-order valence-electron chi connectivity index (χ1n) is 5.73. The van der Waals surface area contributed by atoms with E-state index in [-0.39, 0.29) is 5.84 Å². The topological polar surface area (TPSA) is 92.6 Å². The van der Waals surface area contributed by atoms with E-state index in [9.17, 15) is 0 Å². The molecule has 19 heavy (non-hydrogen) atoms. The SMILES string of the molecule is CN(Cc1nccn1C)c1cccnc1/C(N)=N/O. The van der Waals surface area contributed by atoms with Crippen LogP contribution in [0.4, 0.5) is 5.69 Å². The van der Waals surface area contributed by atoms with Gasteiger partial charge in [-0.15, -0.1) is 0 Å². The van der Waals surface area contributed by atoms with E-state index in [4.69, 9.17) is 10.9 Å². The van der Waals surface area contributed by atoms with Crippen LogP contribution in [-0.4, -0.2) is 32.6 Å². The number of nitrogens with zero attached hydrogens (tertiary/aromatic N) is 5. The van der Waals surface area contributed by atoms with Crippen LogP contribution in [0.5, 0.6) is 0 Å². The van der Waals surface area contributed by atoms with Crippen LogP contribution in [0.25, 0.3) is 0 Å². The molecule has 0 aliphatic heterocycles. The summed E-state index contributed by atoms with van der Waals surface area (Å²) < 4.78 is 1.94. The Balaban J connectivity index is 2.29. The van der Waals surface area contributed by atoms with E-state index < -0.39 is 0 Å². The minimum atomic E-state index is -0.0118. The third-order valence-corrected chi connectivity index (χ3v) is 2.85. The zero-order valence-electron chi connectivity index (χ0n) is 10.9. The Morgan fingerprint density at radius 2 is 2.26 bits per heavy atom. The highest BCUT2D eigenvalue weighted by atomic mass is 16.4. The molecule has 2 aromatic rings. The summed E-state index contributed by atoms with van der Waals surface area (Å²) in [7, 11) is 3.84. The van der Waals surface area contributed by atoms with Crippen molar-refractivity contribution in [1.29, 1.82) is 0 Å². The van der Waals surface area contributed by atoms with Gasteiger partial charge in [0.25, 0.3) is 0 Å². The Kier molecular flexibility index (Phi) is 3.65. The lowest BCUT2D eigenvalue weighted by Crippen LogP contribution is -2.24. The molecule has 0 bridgehead atoms. The highest BCUT2D eigenvalue weighted by molar-refractivity contribution is 6.00. The van der Waals surface area contributed by atoms with Gasteiger partial charge in [0.1, 0.15) is 11.5 Å². The molecule has 0 spiro atoms. The number of amidine groups is 1.